The molecule has 0 spiro atoms. The smallest absolute Gasteiger partial charge is 0.260 e. The number of anilines is 4. The van der Waals surface area contributed by atoms with Crippen LogP contribution >= 0.6 is 0 Å². The van der Waals surface area contributed by atoms with E-state index in [0.717, 1.165) is 100 Å². The molecule has 0 amide bonds. The minimum Gasteiger partial charge on any atom is -0.378 e. The summed E-state index contributed by atoms with van der Waals surface area (Å²) in [5, 5.41) is 12.4. The van der Waals surface area contributed by atoms with Crippen LogP contribution in [0.15, 0.2) is 96.9 Å². The van der Waals surface area contributed by atoms with Crippen molar-refractivity contribution in [2.75, 3.05) is 125 Å². The van der Waals surface area contributed by atoms with E-state index in [1.54, 1.807) is 76.8 Å². The van der Waals surface area contributed by atoms with Crippen LogP contribution in [-0.4, -0.2) is 174 Å². The Morgan fingerprint density at radius 1 is 0.349 bits per heavy atom. The second-order valence-corrected chi connectivity index (χ2v) is 19.8. The van der Waals surface area contributed by atoms with Crippen molar-refractivity contribution < 1.29 is 23.5 Å². The lowest BCUT2D eigenvalue weighted by molar-refractivity contribution is 0.122. The van der Waals surface area contributed by atoms with Gasteiger partial charge in [-0.25, -0.2) is 48.6 Å². The van der Waals surface area contributed by atoms with Gasteiger partial charge in [-0.3, -0.25) is 23.7 Å². The van der Waals surface area contributed by atoms with Gasteiger partial charge >= 0.3 is 0 Å². The Balaban J connectivity index is 0.000000133. The van der Waals surface area contributed by atoms with E-state index < -0.39 is 0 Å². The molecule has 4 fully saturated rings. The topological polar surface area (TPSA) is 280 Å². The van der Waals surface area contributed by atoms with E-state index in [4.69, 9.17) is 23.5 Å². The van der Waals surface area contributed by atoms with Crippen LogP contribution < -0.4 is 41.8 Å². The minimum absolute atomic E-state index is 0.0825. The molecule has 0 bridgehead atoms. The Bertz CT molecular complexity index is 3420. The number of aromatic nitrogens is 14. The molecular weight excluding hydrogens is 1070 g/mol. The van der Waals surface area contributed by atoms with Gasteiger partial charge < -0.3 is 43.1 Å². The normalized spacial score (nSPS) is 15.3. The van der Waals surface area contributed by atoms with Gasteiger partial charge in [0.25, 0.3) is 22.2 Å². The summed E-state index contributed by atoms with van der Waals surface area (Å²) in [5.41, 5.74) is 3.02. The van der Waals surface area contributed by atoms with Gasteiger partial charge in [0.15, 0.2) is 23.3 Å². The van der Waals surface area contributed by atoms with Gasteiger partial charge in [-0.2, -0.15) is 0 Å². The molecule has 83 heavy (non-hydrogen) atoms. The maximum atomic E-state index is 12.1. The molecule has 0 aliphatic carbocycles. The van der Waals surface area contributed by atoms with Gasteiger partial charge in [0.1, 0.15) is 34.9 Å². The molecule has 4 aliphatic heterocycles. The zero-order valence-corrected chi connectivity index (χ0v) is 48.0. The molecule has 4 aliphatic rings. The molecule has 8 aromatic heterocycles. The van der Waals surface area contributed by atoms with E-state index in [0.29, 0.717) is 97.5 Å². The fourth-order valence-corrected chi connectivity index (χ4v) is 9.68. The van der Waals surface area contributed by atoms with E-state index >= 15 is 0 Å². The average Bonchev–Trinajstić information content (AvgIpc) is 4.07. The first-order valence-electron chi connectivity index (χ1n) is 27.3. The number of ether oxygens (including phenoxy) is 4. The molecule has 0 aromatic carbocycles. The highest BCUT2D eigenvalue weighted by Crippen LogP contribution is 2.20. The zero-order chi connectivity index (χ0) is 58.6. The molecule has 0 atom stereocenters. The third-order valence-electron chi connectivity index (χ3n) is 13.6. The van der Waals surface area contributed by atoms with Crippen LogP contribution in [-0.2, 0) is 18.9 Å². The van der Waals surface area contributed by atoms with E-state index in [2.05, 4.69) is 69.8 Å². The Labute approximate surface area is 477 Å². The molecule has 27 nitrogen and oxygen atoms in total. The Kier molecular flexibility index (Phi) is 19.3. The van der Waals surface area contributed by atoms with Crippen LogP contribution in [0.1, 0.15) is 46.1 Å². The SMILES string of the molecule is Cc1cc(=O)n(-c2cc(N3CCOCC3)no2)c(C)n1.Cc1cc(=O)n(-c2ccc(N3CCOCC3)nc2)c(C)n1.Cc1cc(=O)n(-c2ccc(N3CCOCC3)nn2)c(C)n1.Cc1cc(=O)n(-c2cnc(N3CCOCC3)cn2)c(C)n1. The molecule has 436 valence electrons. The lowest BCUT2D eigenvalue weighted by atomic mass is 10.3. The molecule has 0 N–H and O–H groups in total. The first-order chi connectivity index (χ1) is 40.1. The van der Waals surface area contributed by atoms with Crippen molar-refractivity contribution in [3.63, 3.8) is 0 Å². The van der Waals surface area contributed by atoms with Gasteiger partial charge in [-0.15, -0.1) is 10.2 Å². The largest absolute Gasteiger partial charge is 0.378 e. The van der Waals surface area contributed by atoms with Gasteiger partial charge in [0.2, 0.25) is 5.88 Å². The van der Waals surface area contributed by atoms with Crippen molar-refractivity contribution in [1.82, 2.24) is 68.5 Å². The summed E-state index contributed by atoms with van der Waals surface area (Å²) in [6.45, 7) is 26.4. The van der Waals surface area contributed by atoms with Crippen LogP contribution in [0.4, 0.5) is 23.3 Å². The molecule has 8 aromatic rings. The molecule has 27 heteroatoms. The monoisotopic (exact) mass is 1140 g/mol. The van der Waals surface area contributed by atoms with Crippen LogP contribution in [0.3, 0.4) is 0 Å². The second kappa shape index (κ2) is 27.2. The Hall–Kier alpha value is -8.92. The highest BCUT2D eigenvalue weighted by Gasteiger charge is 2.20. The number of hydrogen-bond donors (Lipinski definition) is 0. The summed E-state index contributed by atoms with van der Waals surface area (Å²) >= 11 is 0. The van der Waals surface area contributed by atoms with Crippen LogP contribution in [0, 0.1) is 55.4 Å². The average molecular weight is 1140 g/mol. The maximum Gasteiger partial charge on any atom is 0.260 e. The Morgan fingerprint density at radius 3 is 1.11 bits per heavy atom. The fourth-order valence-electron chi connectivity index (χ4n) is 9.68. The number of aryl methyl sites for hydroxylation is 8. The summed E-state index contributed by atoms with van der Waals surface area (Å²) < 4.78 is 32.5. The van der Waals surface area contributed by atoms with Crippen LogP contribution in [0.25, 0.3) is 23.2 Å². The van der Waals surface area contributed by atoms with Crippen molar-refractivity contribution in [1.29, 1.82) is 0 Å². The number of morpholine rings is 4. The summed E-state index contributed by atoms with van der Waals surface area (Å²) in [6.07, 6.45) is 5.01. The van der Waals surface area contributed by atoms with Crippen LogP contribution in [0.2, 0.25) is 0 Å². The van der Waals surface area contributed by atoms with Crippen molar-refractivity contribution in [2.24, 2.45) is 0 Å². The third-order valence-corrected chi connectivity index (χ3v) is 13.6. The molecule has 0 saturated carbocycles. The highest BCUT2D eigenvalue weighted by molar-refractivity contribution is 5.45. The lowest BCUT2D eigenvalue weighted by Crippen LogP contribution is -2.37. The first-order valence-corrected chi connectivity index (χ1v) is 27.3. The van der Waals surface area contributed by atoms with Gasteiger partial charge in [0.05, 0.1) is 77.1 Å². The van der Waals surface area contributed by atoms with E-state index in [1.807, 2.05) is 32.0 Å². The second-order valence-electron chi connectivity index (χ2n) is 19.8. The summed E-state index contributed by atoms with van der Waals surface area (Å²) in [7, 11) is 0. The molecule has 0 unspecified atom stereocenters. The summed E-state index contributed by atoms with van der Waals surface area (Å²) in [4.78, 5) is 87.2. The van der Waals surface area contributed by atoms with Crippen molar-refractivity contribution >= 4 is 23.3 Å². The van der Waals surface area contributed by atoms with E-state index in [1.165, 1.54) is 38.0 Å². The predicted octanol–water partition coefficient (Wildman–Crippen LogP) is 2.71. The van der Waals surface area contributed by atoms with Crippen molar-refractivity contribution in [3.8, 4) is 23.2 Å². The number of hydrogen-bond acceptors (Lipinski definition) is 23. The first kappa shape index (κ1) is 58.7. The van der Waals surface area contributed by atoms with E-state index in [9.17, 15) is 19.2 Å². The number of nitrogens with zero attached hydrogens (tertiary/aromatic N) is 18. The van der Waals surface area contributed by atoms with Crippen molar-refractivity contribution in [3.05, 3.63) is 161 Å². The van der Waals surface area contributed by atoms with Gasteiger partial charge in [-0.05, 0) is 79.7 Å². The van der Waals surface area contributed by atoms with Crippen molar-refractivity contribution in [2.45, 2.75) is 55.4 Å². The molecule has 0 radical (unpaired) electrons. The fraction of sp³-hybridized carbons (Fsp3) is 0.429. The maximum absolute atomic E-state index is 12.1. The van der Waals surface area contributed by atoms with Gasteiger partial charge in [-0.1, -0.05) is 5.16 Å². The summed E-state index contributed by atoms with van der Waals surface area (Å²) in [6, 6.07) is 15.3. The number of pyridine rings is 1. The minimum atomic E-state index is -0.167. The molecule has 4 saturated heterocycles. The highest BCUT2D eigenvalue weighted by atomic mass is 16.5. The quantitative estimate of drug-likeness (QED) is 0.211. The third kappa shape index (κ3) is 14.8. The van der Waals surface area contributed by atoms with E-state index in [-0.39, 0.29) is 22.2 Å². The van der Waals surface area contributed by atoms with Crippen LogP contribution in [0.5, 0.6) is 0 Å². The molecular formula is C56H68N18O9. The lowest BCUT2D eigenvalue weighted by Gasteiger charge is -2.27. The molecule has 12 heterocycles. The molecule has 12 rings (SSSR count). The predicted molar refractivity (Wildman–Crippen MR) is 308 cm³/mol. The Morgan fingerprint density at radius 2 is 0.699 bits per heavy atom. The summed E-state index contributed by atoms with van der Waals surface area (Å²) in [5.74, 6) is 7.05. The zero-order valence-electron chi connectivity index (χ0n) is 48.0. The number of rotatable bonds is 8. The standard InChI is InChI=1S/C15H18N4O2.2C14H17N5O2.C13H16N4O3/c1-11-9-15(20)19(12(2)17-11)13-3-4-14(16-10-13)18-5-7-21-8-6-18;1-10-7-14(20)19(11(2)17-10)13-9-15-12(8-16-13)18-3-5-21-6-4-18;1-10-9-14(20)19(11(2)15-10)13-4-3-12(16-17-13)18-5-7-21-8-6-18;1-9-7-12(18)17(10(2)14-9)13-8-11(15-20-13)16-3-5-19-6-4-16/h3-4,9-10H,5-8H2,1-2H3;7-9H,3-6H2,1-2H3;3-4,9H,5-8H2,1-2H3;7-8H,3-6H2,1-2H3. The van der Waals surface area contributed by atoms with Gasteiger partial charge in [0, 0.05) is 105 Å².